The van der Waals surface area contributed by atoms with E-state index < -0.39 is 0 Å². The molecule has 0 spiro atoms. The van der Waals surface area contributed by atoms with E-state index in [2.05, 4.69) is 28.0 Å². The van der Waals surface area contributed by atoms with Gasteiger partial charge in [-0.1, -0.05) is 48.3 Å². The molecule has 0 saturated carbocycles. The Labute approximate surface area is 203 Å². The molecule has 4 aromatic rings. The monoisotopic (exact) mass is 473 g/mol. The average Bonchev–Trinajstić information content (AvgIpc) is 3.16. The molecule has 0 amide bonds. The molecule has 4 rings (SSSR count). The van der Waals surface area contributed by atoms with Crippen LogP contribution in [0.2, 0.25) is 0 Å². The predicted octanol–water partition coefficient (Wildman–Crippen LogP) is 4.22. The molecular weight excluding hydrogens is 446 g/mol. The number of nitrogens with zero attached hydrogens (tertiary/aromatic N) is 3. The number of fused-ring (bicyclic) bond motifs is 1. The van der Waals surface area contributed by atoms with E-state index in [9.17, 15) is 10.1 Å². The Balaban J connectivity index is 1.27. The summed E-state index contributed by atoms with van der Waals surface area (Å²) in [5.74, 6) is 0.474. The van der Waals surface area contributed by atoms with Crippen molar-refractivity contribution in [2.45, 2.75) is 25.4 Å². The van der Waals surface area contributed by atoms with Gasteiger partial charge in [0.15, 0.2) is 5.58 Å². The van der Waals surface area contributed by atoms with Gasteiger partial charge in [-0.05, 0) is 47.9 Å². The number of aryl methyl sites for hydroxylation is 1. The minimum atomic E-state index is -0.367. The summed E-state index contributed by atoms with van der Waals surface area (Å²) in [6.45, 7) is 2.91. The summed E-state index contributed by atoms with van der Waals surface area (Å²) in [6, 6.07) is 22.0. The first kappa shape index (κ1) is 23.8. The number of benzene rings is 2. The highest BCUT2D eigenvalue weighted by Crippen LogP contribution is 2.24. The summed E-state index contributed by atoms with van der Waals surface area (Å²) >= 11 is 1.55. The summed E-state index contributed by atoms with van der Waals surface area (Å²) in [7, 11) is 1.70. The molecule has 0 aliphatic carbocycles. The third-order valence-electron chi connectivity index (χ3n) is 5.69. The molecule has 7 nitrogen and oxygen atoms in total. The van der Waals surface area contributed by atoms with Crippen molar-refractivity contribution in [2.24, 2.45) is 7.05 Å². The van der Waals surface area contributed by atoms with Crippen LogP contribution in [0.1, 0.15) is 24.2 Å². The lowest BCUT2D eigenvalue weighted by Gasteiger charge is -2.14. The van der Waals surface area contributed by atoms with E-state index in [0.717, 1.165) is 40.2 Å². The summed E-state index contributed by atoms with van der Waals surface area (Å²) in [6.07, 6.45) is 2.42. The van der Waals surface area contributed by atoms with E-state index in [1.54, 1.807) is 25.2 Å². The molecule has 2 aromatic carbocycles. The second kappa shape index (κ2) is 11.2. The van der Waals surface area contributed by atoms with Gasteiger partial charge in [-0.25, -0.2) is 9.52 Å². The van der Waals surface area contributed by atoms with Gasteiger partial charge in [-0.2, -0.15) is 5.26 Å². The molecule has 0 aliphatic rings. The first-order chi connectivity index (χ1) is 16.5. The van der Waals surface area contributed by atoms with Crippen LogP contribution in [0.15, 0.2) is 76.1 Å². The Hall–Kier alpha value is -3.38. The van der Waals surface area contributed by atoms with Gasteiger partial charge in [0.05, 0.1) is 17.3 Å². The van der Waals surface area contributed by atoms with E-state index in [-0.39, 0.29) is 17.8 Å². The maximum atomic E-state index is 11.7. The molecule has 34 heavy (non-hydrogen) atoms. The second-order valence-electron chi connectivity index (χ2n) is 8.09. The van der Waals surface area contributed by atoms with Gasteiger partial charge in [0, 0.05) is 38.0 Å². The predicted molar refractivity (Wildman–Crippen MR) is 136 cm³/mol. The van der Waals surface area contributed by atoms with Gasteiger partial charge in [0.2, 0.25) is 0 Å². The maximum Gasteiger partial charge on any atom is 0.419 e. The SMILES string of the molecule is CC(NCCSNC(C#N)Cc1ccc(-c2ccc3oc(=O)n(C)c3c2)cc1)c1ccccn1. The molecule has 0 bridgehead atoms. The smallest absolute Gasteiger partial charge is 0.408 e. The van der Waals surface area contributed by atoms with Crippen molar-refractivity contribution in [2.75, 3.05) is 12.3 Å². The van der Waals surface area contributed by atoms with Crippen LogP contribution in [0.5, 0.6) is 0 Å². The Bertz CT molecular complexity index is 1330. The van der Waals surface area contributed by atoms with Crippen LogP contribution >= 0.6 is 11.9 Å². The number of hydrogen-bond donors (Lipinski definition) is 2. The van der Waals surface area contributed by atoms with E-state index in [1.165, 1.54) is 4.57 Å². The van der Waals surface area contributed by atoms with Crippen LogP contribution in [-0.2, 0) is 13.5 Å². The number of hydrogen-bond acceptors (Lipinski definition) is 7. The molecule has 174 valence electrons. The number of aromatic nitrogens is 2. The van der Waals surface area contributed by atoms with E-state index >= 15 is 0 Å². The fourth-order valence-electron chi connectivity index (χ4n) is 3.71. The zero-order chi connectivity index (χ0) is 23.9. The van der Waals surface area contributed by atoms with Crippen molar-refractivity contribution in [3.8, 4) is 17.2 Å². The number of nitrogens with one attached hydrogen (secondary N) is 2. The number of rotatable bonds is 10. The summed E-state index contributed by atoms with van der Waals surface area (Å²) < 4.78 is 9.97. The van der Waals surface area contributed by atoms with E-state index in [1.807, 2.05) is 60.7 Å². The molecular formula is C26H27N5O2S. The van der Waals surface area contributed by atoms with Gasteiger partial charge in [0.25, 0.3) is 0 Å². The molecule has 0 saturated heterocycles. The van der Waals surface area contributed by atoms with E-state index in [0.29, 0.717) is 12.0 Å². The average molecular weight is 474 g/mol. The Morgan fingerprint density at radius 1 is 1.15 bits per heavy atom. The lowest BCUT2D eigenvalue weighted by Crippen LogP contribution is -2.27. The minimum absolute atomic E-state index is 0.186. The Morgan fingerprint density at radius 2 is 1.94 bits per heavy atom. The van der Waals surface area contributed by atoms with Crippen molar-refractivity contribution in [1.82, 2.24) is 19.6 Å². The zero-order valence-corrected chi connectivity index (χ0v) is 20.0. The molecule has 2 unspecified atom stereocenters. The van der Waals surface area contributed by atoms with Gasteiger partial charge in [-0.15, -0.1) is 0 Å². The number of oxazole rings is 1. The van der Waals surface area contributed by atoms with Crippen LogP contribution in [-0.4, -0.2) is 27.9 Å². The quantitative estimate of drug-likeness (QED) is 0.263. The lowest BCUT2D eigenvalue weighted by atomic mass is 10.0. The van der Waals surface area contributed by atoms with Crippen LogP contribution in [0.25, 0.3) is 22.2 Å². The Kier molecular flexibility index (Phi) is 7.80. The maximum absolute atomic E-state index is 11.7. The van der Waals surface area contributed by atoms with E-state index in [4.69, 9.17) is 4.42 Å². The highest BCUT2D eigenvalue weighted by atomic mass is 32.2. The van der Waals surface area contributed by atoms with Gasteiger partial charge >= 0.3 is 5.76 Å². The second-order valence-corrected chi connectivity index (χ2v) is 9.02. The Morgan fingerprint density at radius 3 is 2.68 bits per heavy atom. The topological polar surface area (TPSA) is 95.9 Å². The minimum Gasteiger partial charge on any atom is -0.408 e. The molecule has 0 aliphatic heterocycles. The standard InChI is InChI=1S/C26H27N5O2S/c1-18(23-5-3-4-12-29-23)28-13-14-34-30-22(17-27)15-19-6-8-20(9-7-19)21-10-11-25-24(16-21)31(2)26(32)33-25/h3-12,16,18,22,28,30H,13-15H2,1-2H3. The van der Waals surface area contributed by atoms with Crippen molar-refractivity contribution in [3.63, 3.8) is 0 Å². The highest BCUT2D eigenvalue weighted by Gasteiger charge is 2.11. The molecule has 0 radical (unpaired) electrons. The molecule has 2 N–H and O–H groups in total. The van der Waals surface area contributed by atoms with Crippen LogP contribution < -0.4 is 15.8 Å². The first-order valence-electron chi connectivity index (χ1n) is 11.2. The summed E-state index contributed by atoms with van der Waals surface area (Å²) in [5.41, 5.74) is 5.50. The van der Waals surface area contributed by atoms with Gasteiger partial charge in [0.1, 0.15) is 6.04 Å². The number of nitriles is 1. The largest absolute Gasteiger partial charge is 0.419 e. The number of pyridine rings is 1. The molecule has 8 heteroatoms. The molecule has 2 heterocycles. The lowest BCUT2D eigenvalue weighted by molar-refractivity contribution is 0.528. The third-order valence-corrected chi connectivity index (χ3v) is 6.55. The fourth-order valence-corrected chi connectivity index (χ4v) is 4.39. The third kappa shape index (κ3) is 5.75. The van der Waals surface area contributed by atoms with Crippen LogP contribution in [0.4, 0.5) is 0 Å². The fraction of sp³-hybridized carbons (Fsp3) is 0.269. The molecule has 2 aromatic heterocycles. The normalized spacial score (nSPS) is 13.0. The summed E-state index contributed by atoms with van der Waals surface area (Å²) in [4.78, 5) is 16.1. The van der Waals surface area contributed by atoms with Gasteiger partial charge < -0.3 is 9.73 Å². The van der Waals surface area contributed by atoms with Gasteiger partial charge in [-0.3, -0.25) is 9.55 Å². The van der Waals surface area contributed by atoms with Crippen LogP contribution in [0, 0.1) is 11.3 Å². The molecule has 2 atom stereocenters. The molecule has 0 fully saturated rings. The highest BCUT2D eigenvalue weighted by molar-refractivity contribution is 7.97. The summed E-state index contributed by atoms with van der Waals surface area (Å²) in [5, 5.41) is 13.0. The van der Waals surface area contributed by atoms with Crippen LogP contribution in [0.3, 0.4) is 0 Å². The van der Waals surface area contributed by atoms with Crippen molar-refractivity contribution in [1.29, 1.82) is 5.26 Å². The zero-order valence-electron chi connectivity index (χ0n) is 19.2. The van der Waals surface area contributed by atoms with Crippen molar-refractivity contribution in [3.05, 3.63) is 88.7 Å². The first-order valence-corrected chi connectivity index (χ1v) is 12.1. The van der Waals surface area contributed by atoms with Crippen molar-refractivity contribution >= 4 is 23.0 Å². The van der Waals surface area contributed by atoms with Crippen molar-refractivity contribution < 1.29 is 4.42 Å².